The number of amides is 1. The van der Waals surface area contributed by atoms with Crippen molar-refractivity contribution >= 4 is 68.4 Å². The molecule has 156 valence electrons. The number of para-hydroxylation sites is 1. The summed E-state index contributed by atoms with van der Waals surface area (Å²) in [6.07, 6.45) is 0.374. The van der Waals surface area contributed by atoms with Crippen molar-refractivity contribution in [2.45, 2.75) is 11.3 Å². The van der Waals surface area contributed by atoms with E-state index >= 15 is 0 Å². The quantitative estimate of drug-likeness (QED) is 0.399. The summed E-state index contributed by atoms with van der Waals surface area (Å²) in [5.74, 6) is 0.277. The molecule has 1 heterocycles. The summed E-state index contributed by atoms with van der Waals surface area (Å²) >= 11 is 8.86. The summed E-state index contributed by atoms with van der Waals surface area (Å²) in [6.45, 7) is 1.22. The highest BCUT2D eigenvalue weighted by Gasteiger charge is 2.20. The average molecular weight is 474 g/mol. The zero-order valence-electron chi connectivity index (χ0n) is 16.1. The molecule has 2 aromatic carbocycles. The van der Waals surface area contributed by atoms with E-state index in [4.69, 9.17) is 11.6 Å². The Bertz CT molecular complexity index is 951. The molecule has 1 aromatic heterocycles. The van der Waals surface area contributed by atoms with Gasteiger partial charge in [-0.05, 0) is 50.5 Å². The predicted molar refractivity (Wildman–Crippen MR) is 125 cm³/mol. The maximum atomic E-state index is 14.0. The van der Waals surface area contributed by atoms with Gasteiger partial charge in [0.25, 0.3) is 0 Å². The molecule has 0 N–H and O–H groups in total. The SMILES string of the molecule is CN(C)CCN(C(=O)CCSc1ccc(Cl)cc1)c1nc2c(F)cccc2s1.Cl. The minimum absolute atomic E-state index is 0. The van der Waals surface area contributed by atoms with Crippen molar-refractivity contribution in [1.29, 1.82) is 0 Å². The fourth-order valence-corrected chi connectivity index (χ4v) is 4.56. The van der Waals surface area contributed by atoms with Crippen molar-refractivity contribution in [2.75, 3.05) is 37.8 Å². The van der Waals surface area contributed by atoms with Gasteiger partial charge in [0, 0.05) is 35.2 Å². The Hall–Kier alpha value is -1.38. The average Bonchev–Trinajstić information content (AvgIpc) is 3.08. The molecule has 4 nitrogen and oxygen atoms in total. The van der Waals surface area contributed by atoms with Crippen LogP contribution in [-0.2, 0) is 4.79 Å². The fourth-order valence-electron chi connectivity index (χ4n) is 2.57. The lowest BCUT2D eigenvalue weighted by Crippen LogP contribution is -2.36. The van der Waals surface area contributed by atoms with Crippen molar-refractivity contribution < 1.29 is 9.18 Å². The number of likely N-dealkylation sites (N-methyl/N-ethyl adjacent to an activating group) is 1. The molecule has 0 radical (unpaired) electrons. The van der Waals surface area contributed by atoms with E-state index in [0.29, 0.717) is 40.9 Å². The van der Waals surface area contributed by atoms with Crippen molar-refractivity contribution in [2.24, 2.45) is 0 Å². The summed E-state index contributed by atoms with van der Waals surface area (Å²) in [5.41, 5.74) is 0.320. The zero-order chi connectivity index (χ0) is 20.1. The third kappa shape index (κ3) is 6.55. The number of thioether (sulfide) groups is 1. The molecule has 9 heteroatoms. The number of halogens is 3. The van der Waals surface area contributed by atoms with Crippen LogP contribution in [0.5, 0.6) is 0 Å². The van der Waals surface area contributed by atoms with Gasteiger partial charge in [-0.15, -0.1) is 24.2 Å². The molecular formula is C20H22Cl2FN3OS2. The Morgan fingerprint density at radius 2 is 1.90 bits per heavy atom. The number of hydrogen-bond donors (Lipinski definition) is 0. The largest absolute Gasteiger partial charge is 0.308 e. The maximum Gasteiger partial charge on any atom is 0.229 e. The van der Waals surface area contributed by atoms with Crippen LogP contribution in [0.15, 0.2) is 47.4 Å². The van der Waals surface area contributed by atoms with Gasteiger partial charge in [0.05, 0.1) is 4.70 Å². The normalized spacial score (nSPS) is 10.9. The lowest BCUT2D eigenvalue weighted by molar-refractivity contribution is -0.118. The molecule has 0 unspecified atom stereocenters. The Morgan fingerprint density at radius 1 is 1.17 bits per heavy atom. The van der Waals surface area contributed by atoms with E-state index in [2.05, 4.69) is 4.98 Å². The van der Waals surface area contributed by atoms with Crippen LogP contribution >= 0.6 is 47.1 Å². The second-order valence-corrected chi connectivity index (χ2v) is 9.10. The van der Waals surface area contributed by atoms with E-state index in [0.717, 1.165) is 9.60 Å². The van der Waals surface area contributed by atoms with Crippen LogP contribution < -0.4 is 4.90 Å². The second kappa shape index (κ2) is 11.1. The van der Waals surface area contributed by atoms with E-state index in [1.165, 1.54) is 17.4 Å². The van der Waals surface area contributed by atoms with E-state index < -0.39 is 0 Å². The van der Waals surface area contributed by atoms with Gasteiger partial charge in [-0.2, -0.15) is 0 Å². The molecule has 0 spiro atoms. The van der Waals surface area contributed by atoms with Crippen molar-refractivity contribution in [3.05, 3.63) is 53.3 Å². The lowest BCUT2D eigenvalue weighted by Gasteiger charge is -2.22. The van der Waals surface area contributed by atoms with Gasteiger partial charge in [0.1, 0.15) is 11.3 Å². The second-order valence-electron chi connectivity index (χ2n) is 6.48. The highest BCUT2D eigenvalue weighted by Crippen LogP contribution is 2.31. The first-order valence-electron chi connectivity index (χ1n) is 8.82. The number of anilines is 1. The summed E-state index contributed by atoms with van der Waals surface area (Å²) in [4.78, 5) is 22.1. The zero-order valence-corrected chi connectivity index (χ0v) is 19.3. The number of nitrogens with zero attached hydrogens (tertiary/aromatic N) is 3. The van der Waals surface area contributed by atoms with Gasteiger partial charge < -0.3 is 4.90 Å². The van der Waals surface area contributed by atoms with Gasteiger partial charge in [0.15, 0.2) is 5.13 Å². The highest BCUT2D eigenvalue weighted by atomic mass is 35.5. The van der Waals surface area contributed by atoms with Crippen LogP contribution in [0.25, 0.3) is 10.2 Å². The minimum Gasteiger partial charge on any atom is -0.308 e. The molecule has 29 heavy (non-hydrogen) atoms. The third-order valence-electron chi connectivity index (χ3n) is 4.06. The van der Waals surface area contributed by atoms with Crippen LogP contribution in [0.4, 0.5) is 9.52 Å². The van der Waals surface area contributed by atoms with Gasteiger partial charge in [-0.3, -0.25) is 9.69 Å². The summed E-state index contributed by atoms with van der Waals surface area (Å²) in [7, 11) is 3.91. The van der Waals surface area contributed by atoms with E-state index in [9.17, 15) is 9.18 Å². The highest BCUT2D eigenvalue weighted by molar-refractivity contribution is 7.99. The van der Waals surface area contributed by atoms with Crippen LogP contribution in [0.2, 0.25) is 5.02 Å². The smallest absolute Gasteiger partial charge is 0.229 e. The molecular weight excluding hydrogens is 452 g/mol. The number of benzene rings is 2. The van der Waals surface area contributed by atoms with E-state index in [1.807, 2.05) is 49.3 Å². The van der Waals surface area contributed by atoms with Crippen LogP contribution in [0.1, 0.15) is 6.42 Å². The molecule has 0 saturated carbocycles. The number of thiazole rings is 1. The maximum absolute atomic E-state index is 14.0. The van der Waals surface area contributed by atoms with Crippen LogP contribution in [-0.4, -0.2) is 48.7 Å². The lowest BCUT2D eigenvalue weighted by atomic mass is 10.3. The Morgan fingerprint density at radius 3 is 2.55 bits per heavy atom. The van der Waals surface area contributed by atoms with E-state index in [-0.39, 0.29) is 24.1 Å². The van der Waals surface area contributed by atoms with Gasteiger partial charge in [0.2, 0.25) is 5.91 Å². The van der Waals surface area contributed by atoms with Crippen molar-refractivity contribution in [3.63, 3.8) is 0 Å². The first-order chi connectivity index (χ1) is 13.4. The number of carbonyl (C=O) groups excluding carboxylic acids is 1. The Labute approximate surface area is 189 Å². The number of hydrogen-bond acceptors (Lipinski definition) is 5. The summed E-state index contributed by atoms with van der Waals surface area (Å²) in [6, 6.07) is 12.4. The van der Waals surface area contributed by atoms with Crippen LogP contribution in [0.3, 0.4) is 0 Å². The number of rotatable bonds is 8. The minimum atomic E-state index is -0.363. The van der Waals surface area contributed by atoms with Gasteiger partial charge in [-0.25, -0.2) is 9.37 Å². The first-order valence-corrected chi connectivity index (χ1v) is 11.0. The van der Waals surface area contributed by atoms with Crippen molar-refractivity contribution in [1.82, 2.24) is 9.88 Å². The topological polar surface area (TPSA) is 36.4 Å². The molecule has 0 aliphatic heterocycles. The van der Waals surface area contributed by atoms with Gasteiger partial charge >= 0.3 is 0 Å². The molecule has 0 aliphatic rings. The fraction of sp³-hybridized carbons (Fsp3) is 0.300. The molecule has 1 amide bonds. The number of aromatic nitrogens is 1. The molecule has 0 aliphatic carbocycles. The van der Waals surface area contributed by atoms with E-state index in [1.54, 1.807) is 22.7 Å². The summed E-state index contributed by atoms with van der Waals surface area (Å²) in [5, 5.41) is 1.24. The molecule has 3 rings (SSSR count). The molecule has 3 aromatic rings. The van der Waals surface area contributed by atoms with Crippen LogP contribution in [0, 0.1) is 5.82 Å². The Kier molecular flexibility index (Phi) is 9.17. The molecule has 0 atom stereocenters. The summed E-state index contributed by atoms with van der Waals surface area (Å²) < 4.78 is 14.8. The number of fused-ring (bicyclic) bond motifs is 1. The number of carbonyl (C=O) groups is 1. The standard InChI is InChI=1S/C20H21ClFN3OS2.ClH/c1-24(2)11-12-25(20-23-19-16(22)4-3-5-17(19)28-20)18(26)10-13-27-15-8-6-14(21)7-9-15;/h3-9H,10-13H2,1-2H3;1H. The molecule has 0 saturated heterocycles. The van der Waals surface area contributed by atoms with Gasteiger partial charge in [-0.1, -0.05) is 29.0 Å². The molecule has 0 bridgehead atoms. The monoisotopic (exact) mass is 473 g/mol. The third-order valence-corrected chi connectivity index (χ3v) is 6.37. The predicted octanol–water partition coefficient (Wildman–Crippen LogP) is 5.59. The first kappa shape index (κ1) is 23.9. The Balaban J connectivity index is 0.00000300. The van der Waals surface area contributed by atoms with Crippen molar-refractivity contribution in [3.8, 4) is 0 Å². The molecule has 0 fully saturated rings.